The third kappa shape index (κ3) is 4.31. The summed E-state index contributed by atoms with van der Waals surface area (Å²) in [7, 11) is -2.66. The molecule has 0 spiro atoms. The molecule has 178 valence electrons. The van der Waals surface area contributed by atoms with E-state index in [1.165, 1.54) is 21.5 Å². The van der Waals surface area contributed by atoms with Gasteiger partial charge in [-0.1, -0.05) is 29.8 Å². The van der Waals surface area contributed by atoms with Crippen LogP contribution >= 0.6 is 11.6 Å². The Kier molecular flexibility index (Phi) is 6.24. The molecule has 1 saturated heterocycles. The standard InChI is InChI=1S/C22H20ClN3O7S/c1-13-19(20(27)26(25(13)2)14-6-4-3-5-7-14)24-34(30,31)15-8-9-17(23)16(12-15)21(28)33-18-10-11-32-22(18)29/h3-9,12,18,24H,10-11H2,1-2H3. The van der Waals surface area contributed by atoms with Crippen molar-refractivity contribution in [2.45, 2.75) is 24.3 Å². The van der Waals surface area contributed by atoms with Gasteiger partial charge in [0.05, 0.1) is 33.5 Å². The van der Waals surface area contributed by atoms with Gasteiger partial charge in [-0.15, -0.1) is 0 Å². The molecule has 10 nitrogen and oxygen atoms in total. The number of para-hydroxylation sites is 1. The molecule has 1 atom stereocenters. The predicted molar refractivity (Wildman–Crippen MR) is 123 cm³/mol. The van der Waals surface area contributed by atoms with Gasteiger partial charge in [-0.2, -0.15) is 0 Å². The highest BCUT2D eigenvalue weighted by Gasteiger charge is 2.32. The molecule has 1 aliphatic heterocycles. The van der Waals surface area contributed by atoms with Gasteiger partial charge in [0.1, 0.15) is 5.69 Å². The number of sulfonamides is 1. The second-order valence-corrected chi connectivity index (χ2v) is 9.62. The molecule has 0 bridgehead atoms. The van der Waals surface area contributed by atoms with Crippen molar-refractivity contribution >= 4 is 39.3 Å². The number of benzene rings is 2. The van der Waals surface area contributed by atoms with Crippen molar-refractivity contribution < 1.29 is 27.5 Å². The van der Waals surface area contributed by atoms with E-state index in [-0.39, 0.29) is 34.2 Å². The molecule has 2 heterocycles. The molecule has 12 heteroatoms. The van der Waals surface area contributed by atoms with E-state index < -0.39 is 33.6 Å². The Morgan fingerprint density at radius 1 is 1.18 bits per heavy atom. The van der Waals surface area contributed by atoms with Gasteiger partial charge in [0.2, 0.25) is 6.10 Å². The van der Waals surface area contributed by atoms with Crippen LogP contribution in [0.15, 0.2) is 58.2 Å². The number of esters is 2. The van der Waals surface area contributed by atoms with Crippen LogP contribution in [0.25, 0.3) is 5.69 Å². The summed E-state index contributed by atoms with van der Waals surface area (Å²) in [5.41, 5.74) is -0.00532. The summed E-state index contributed by atoms with van der Waals surface area (Å²) in [4.78, 5) is 36.8. The number of hydrogen-bond donors (Lipinski definition) is 1. The Hall–Kier alpha value is -3.57. The van der Waals surface area contributed by atoms with Crippen molar-refractivity contribution in [3.05, 3.63) is 75.2 Å². The predicted octanol–water partition coefficient (Wildman–Crippen LogP) is 2.41. The largest absolute Gasteiger partial charge is 0.463 e. The van der Waals surface area contributed by atoms with Gasteiger partial charge in [-0.25, -0.2) is 22.7 Å². The summed E-state index contributed by atoms with van der Waals surface area (Å²) in [5.74, 6) is -1.64. The van der Waals surface area contributed by atoms with Crippen molar-refractivity contribution in [3.63, 3.8) is 0 Å². The molecule has 0 saturated carbocycles. The van der Waals surface area contributed by atoms with E-state index in [2.05, 4.69) is 4.72 Å². The zero-order valence-electron chi connectivity index (χ0n) is 18.1. The first kappa shape index (κ1) is 23.6. The molecule has 0 amide bonds. The molecular formula is C22H20ClN3O7S. The van der Waals surface area contributed by atoms with Gasteiger partial charge >= 0.3 is 11.9 Å². The third-order valence-electron chi connectivity index (χ3n) is 5.40. The van der Waals surface area contributed by atoms with E-state index in [4.69, 9.17) is 21.1 Å². The average Bonchev–Trinajstić information content (AvgIpc) is 3.30. The van der Waals surface area contributed by atoms with E-state index in [1.54, 1.807) is 44.3 Å². The number of nitrogens with zero attached hydrogens (tertiary/aromatic N) is 2. The number of halogens is 1. The maximum absolute atomic E-state index is 13.1. The van der Waals surface area contributed by atoms with Gasteiger partial charge in [0, 0.05) is 13.5 Å². The summed E-state index contributed by atoms with van der Waals surface area (Å²) < 4.78 is 41.3. The van der Waals surface area contributed by atoms with Gasteiger partial charge in [-0.3, -0.25) is 14.2 Å². The minimum Gasteiger partial charge on any atom is -0.463 e. The highest BCUT2D eigenvalue weighted by Crippen LogP contribution is 2.25. The van der Waals surface area contributed by atoms with Crippen LogP contribution in [0.2, 0.25) is 5.02 Å². The molecule has 2 aromatic carbocycles. The van der Waals surface area contributed by atoms with Crippen LogP contribution in [0, 0.1) is 6.92 Å². The molecule has 0 radical (unpaired) electrons. The van der Waals surface area contributed by atoms with Crippen molar-refractivity contribution in [1.82, 2.24) is 9.36 Å². The van der Waals surface area contributed by atoms with Crippen molar-refractivity contribution in [3.8, 4) is 5.69 Å². The number of aromatic nitrogens is 2. The van der Waals surface area contributed by atoms with Gasteiger partial charge < -0.3 is 9.47 Å². The smallest absolute Gasteiger partial charge is 0.347 e. The van der Waals surface area contributed by atoms with Gasteiger partial charge in [0.15, 0.2) is 0 Å². The van der Waals surface area contributed by atoms with Crippen LogP contribution in [-0.4, -0.2) is 42.4 Å². The number of carbonyl (C=O) groups is 2. The van der Waals surface area contributed by atoms with Crippen LogP contribution in [-0.2, 0) is 31.3 Å². The SMILES string of the molecule is Cc1c(NS(=O)(=O)c2ccc(Cl)c(C(=O)OC3CCOC3=O)c2)c(=O)n(-c2ccccc2)n1C. The Morgan fingerprint density at radius 2 is 1.88 bits per heavy atom. The molecule has 34 heavy (non-hydrogen) atoms. The molecule has 4 rings (SSSR count). The Bertz CT molecular complexity index is 1450. The minimum absolute atomic E-state index is 0.0577. The lowest BCUT2D eigenvalue weighted by Crippen LogP contribution is -2.24. The van der Waals surface area contributed by atoms with Crippen molar-refractivity contribution in [1.29, 1.82) is 0 Å². The van der Waals surface area contributed by atoms with E-state index in [1.807, 2.05) is 0 Å². The topological polar surface area (TPSA) is 126 Å². The van der Waals surface area contributed by atoms with E-state index in [9.17, 15) is 22.8 Å². The van der Waals surface area contributed by atoms with Crippen LogP contribution < -0.4 is 10.3 Å². The van der Waals surface area contributed by atoms with Gasteiger partial charge in [0.25, 0.3) is 15.6 Å². The second kappa shape index (κ2) is 8.99. The molecule has 0 aliphatic carbocycles. The highest BCUT2D eigenvalue weighted by molar-refractivity contribution is 7.92. The molecule has 1 aliphatic rings. The zero-order valence-corrected chi connectivity index (χ0v) is 19.7. The molecule has 1 aromatic heterocycles. The first-order chi connectivity index (χ1) is 16.1. The Balaban J connectivity index is 1.66. The average molecular weight is 506 g/mol. The number of ether oxygens (including phenoxy) is 2. The third-order valence-corrected chi connectivity index (χ3v) is 7.07. The number of anilines is 1. The fraction of sp³-hybridized carbons (Fsp3) is 0.227. The fourth-order valence-corrected chi connectivity index (χ4v) is 4.82. The second-order valence-electron chi connectivity index (χ2n) is 7.53. The number of nitrogens with one attached hydrogen (secondary N) is 1. The molecule has 1 fully saturated rings. The highest BCUT2D eigenvalue weighted by atomic mass is 35.5. The zero-order chi connectivity index (χ0) is 24.6. The molecule has 3 aromatic rings. The van der Waals surface area contributed by atoms with E-state index >= 15 is 0 Å². The summed E-state index contributed by atoms with van der Waals surface area (Å²) in [5, 5.41) is -0.0577. The lowest BCUT2D eigenvalue weighted by molar-refractivity contribution is -0.145. The lowest BCUT2D eigenvalue weighted by Gasteiger charge is -2.12. The summed E-state index contributed by atoms with van der Waals surface area (Å²) in [6.45, 7) is 1.73. The molecular weight excluding hydrogens is 486 g/mol. The Labute approximate surface area is 199 Å². The number of carbonyl (C=O) groups excluding carboxylic acids is 2. The van der Waals surface area contributed by atoms with Crippen LogP contribution in [0.1, 0.15) is 22.5 Å². The van der Waals surface area contributed by atoms with Crippen molar-refractivity contribution in [2.75, 3.05) is 11.3 Å². The van der Waals surface area contributed by atoms with Gasteiger partial charge in [-0.05, 0) is 37.3 Å². The fourth-order valence-electron chi connectivity index (χ4n) is 3.48. The first-order valence-corrected chi connectivity index (χ1v) is 12.0. The van der Waals surface area contributed by atoms with Crippen LogP contribution in [0.3, 0.4) is 0 Å². The first-order valence-electron chi connectivity index (χ1n) is 10.1. The minimum atomic E-state index is -4.29. The lowest BCUT2D eigenvalue weighted by atomic mass is 10.2. The summed E-state index contributed by atoms with van der Waals surface area (Å²) >= 11 is 6.08. The molecule has 1 N–H and O–H groups in total. The maximum atomic E-state index is 13.1. The molecule has 1 unspecified atom stereocenters. The number of cyclic esters (lactones) is 1. The Morgan fingerprint density at radius 3 is 2.53 bits per heavy atom. The van der Waals surface area contributed by atoms with E-state index in [0.717, 1.165) is 6.07 Å². The van der Waals surface area contributed by atoms with E-state index in [0.29, 0.717) is 11.4 Å². The van der Waals surface area contributed by atoms with Crippen molar-refractivity contribution in [2.24, 2.45) is 7.05 Å². The van der Waals surface area contributed by atoms with Crippen LogP contribution in [0.5, 0.6) is 0 Å². The van der Waals surface area contributed by atoms with Crippen LogP contribution in [0.4, 0.5) is 5.69 Å². The number of rotatable bonds is 6. The monoisotopic (exact) mass is 505 g/mol. The quantitative estimate of drug-likeness (QED) is 0.510. The summed E-state index contributed by atoms with van der Waals surface area (Å²) in [6.07, 6.45) is -0.881. The summed E-state index contributed by atoms with van der Waals surface area (Å²) in [6, 6.07) is 12.2. The number of hydrogen-bond acceptors (Lipinski definition) is 7. The maximum Gasteiger partial charge on any atom is 0.347 e. The normalized spacial score (nSPS) is 15.7.